The molecule has 3 aromatic rings. The third-order valence-electron chi connectivity index (χ3n) is 7.90. The summed E-state index contributed by atoms with van der Waals surface area (Å²) in [5.41, 5.74) is 1.11. The number of likely N-dealkylation sites (tertiary alicyclic amines) is 1. The second-order valence-corrected chi connectivity index (χ2v) is 12.1. The second-order valence-electron chi connectivity index (χ2n) is 11.4. The maximum atomic E-state index is 12.2. The number of hydrogen-bond donors (Lipinski definition) is 3. The lowest BCUT2D eigenvalue weighted by Gasteiger charge is -2.21. The van der Waals surface area contributed by atoms with Crippen molar-refractivity contribution in [3.63, 3.8) is 0 Å². The molecular weight excluding hydrogens is 589 g/mol. The Morgan fingerprint density at radius 1 is 1.12 bits per heavy atom. The summed E-state index contributed by atoms with van der Waals surface area (Å²) in [6.45, 7) is 7.78. The van der Waals surface area contributed by atoms with E-state index in [4.69, 9.17) is 42.6 Å². The molecule has 0 spiro atoms. The summed E-state index contributed by atoms with van der Waals surface area (Å²) >= 11 is 13.5. The van der Waals surface area contributed by atoms with Crippen molar-refractivity contribution >= 4 is 51.5 Å². The number of pyridine rings is 2. The van der Waals surface area contributed by atoms with Crippen LogP contribution < -0.4 is 25.4 Å². The van der Waals surface area contributed by atoms with Crippen LogP contribution in [0.25, 0.3) is 22.0 Å². The summed E-state index contributed by atoms with van der Waals surface area (Å²) in [5.74, 6) is 2.75. The predicted octanol–water partition coefficient (Wildman–Crippen LogP) is 4.77. The van der Waals surface area contributed by atoms with Crippen molar-refractivity contribution in [2.24, 2.45) is 5.92 Å². The molecule has 0 bridgehead atoms. The monoisotopic (exact) mass is 627 g/mol. The van der Waals surface area contributed by atoms with Crippen LogP contribution in [0.4, 0.5) is 11.6 Å². The summed E-state index contributed by atoms with van der Waals surface area (Å²) in [6, 6.07) is 5.46. The summed E-state index contributed by atoms with van der Waals surface area (Å²) in [6.07, 6.45) is 5.53. The molecule has 12 heteroatoms. The molecule has 0 unspecified atom stereocenters. The Labute approximate surface area is 262 Å². The Morgan fingerprint density at radius 2 is 1.81 bits per heavy atom. The van der Waals surface area contributed by atoms with Crippen LogP contribution in [0.2, 0.25) is 10.0 Å². The smallest absolute Gasteiger partial charge is 0.243 e. The highest BCUT2D eigenvalue weighted by molar-refractivity contribution is 6.41. The number of anilines is 2. The summed E-state index contributed by atoms with van der Waals surface area (Å²) in [7, 11) is 7.21. The highest BCUT2D eigenvalue weighted by atomic mass is 35.5. The number of carbonyl (C=O) groups is 1. The van der Waals surface area contributed by atoms with E-state index in [1.807, 2.05) is 18.3 Å². The maximum Gasteiger partial charge on any atom is 0.243 e. The van der Waals surface area contributed by atoms with Crippen molar-refractivity contribution in [3.8, 4) is 22.8 Å². The number of hydrogen-bond acceptors (Lipinski definition) is 9. The number of ether oxygens (including phenoxy) is 2. The van der Waals surface area contributed by atoms with E-state index in [0.29, 0.717) is 50.4 Å². The van der Waals surface area contributed by atoms with Crippen molar-refractivity contribution < 1.29 is 14.3 Å². The molecule has 10 nitrogen and oxygen atoms in total. The van der Waals surface area contributed by atoms with Gasteiger partial charge in [-0.2, -0.15) is 0 Å². The third-order valence-corrected chi connectivity index (χ3v) is 8.66. The van der Waals surface area contributed by atoms with E-state index in [0.717, 1.165) is 43.5 Å². The van der Waals surface area contributed by atoms with Gasteiger partial charge in [0.05, 0.1) is 42.0 Å². The SMILES string of the molecule is C=CC(=O)N[C@H]1CN(CCN(C)C)C[C@H]1Nc1cc2c(NCC3CC3)nc(-c3c(Cl)c(OC)cc(OC)c3Cl)cc2cn1. The van der Waals surface area contributed by atoms with Gasteiger partial charge >= 0.3 is 0 Å². The molecule has 1 aliphatic carbocycles. The maximum absolute atomic E-state index is 12.2. The predicted molar refractivity (Wildman–Crippen MR) is 174 cm³/mol. The fourth-order valence-corrected chi connectivity index (χ4v) is 5.99. The van der Waals surface area contributed by atoms with E-state index in [1.54, 1.807) is 20.3 Å². The molecule has 1 aliphatic heterocycles. The average molecular weight is 629 g/mol. The Hall–Kier alpha value is -3.31. The standard InChI is InChI=1S/C31H39Cl2N7O3/c1-6-27(41)37-23-17-40(10-9-39(2)3)16-22(23)36-26-12-20-19(15-34-26)11-21(38-31(20)35-14-18-7-8-18)28-29(32)24(42-4)13-25(43-5)30(28)33/h6,11-13,15,18,22-23H,1,7-10,14,16-17H2,2-5H3,(H,34,36)(H,35,38)(H,37,41)/t22-,23+/m1/s1. The number of likely N-dealkylation sites (N-methyl/N-ethyl adjacent to an activating group) is 1. The number of carbonyl (C=O) groups excluding carboxylic acids is 1. The molecule has 3 N–H and O–H groups in total. The van der Waals surface area contributed by atoms with E-state index >= 15 is 0 Å². The number of fused-ring (bicyclic) bond motifs is 1. The Kier molecular flexibility index (Phi) is 9.81. The van der Waals surface area contributed by atoms with Gasteiger partial charge in [-0.05, 0) is 51.1 Å². The summed E-state index contributed by atoms with van der Waals surface area (Å²) in [4.78, 5) is 26.5. The molecule has 2 aromatic heterocycles. The number of nitrogens with one attached hydrogen (secondary N) is 3. The molecule has 1 saturated heterocycles. The largest absolute Gasteiger partial charge is 0.495 e. The topological polar surface area (TPSA) is 104 Å². The van der Waals surface area contributed by atoms with E-state index in [9.17, 15) is 4.79 Å². The molecule has 0 radical (unpaired) electrons. The zero-order valence-corrected chi connectivity index (χ0v) is 26.6. The van der Waals surface area contributed by atoms with Crippen molar-refractivity contribution in [1.29, 1.82) is 0 Å². The van der Waals surface area contributed by atoms with Crippen LogP contribution in [0.1, 0.15) is 12.8 Å². The number of aromatic nitrogens is 2. The lowest BCUT2D eigenvalue weighted by molar-refractivity contribution is -0.117. The van der Waals surface area contributed by atoms with Gasteiger partial charge in [-0.15, -0.1) is 0 Å². The minimum absolute atomic E-state index is 0.0343. The normalized spacial score (nSPS) is 18.6. The molecule has 2 aliphatic rings. The number of rotatable bonds is 13. The van der Waals surface area contributed by atoms with Crippen molar-refractivity contribution in [2.45, 2.75) is 24.9 Å². The number of halogens is 2. The second kappa shape index (κ2) is 13.5. The van der Waals surface area contributed by atoms with E-state index in [2.05, 4.69) is 46.4 Å². The van der Waals surface area contributed by atoms with Crippen LogP contribution in [0.15, 0.2) is 37.1 Å². The minimum Gasteiger partial charge on any atom is -0.495 e. The minimum atomic E-state index is -0.187. The molecule has 2 fully saturated rings. The van der Waals surface area contributed by atoms with Crippen LogP contribution >= 0.6 is 23.2 Å². The van der Waals surface area contributed by atoms with Gasteiger partial charge < -0.3 is 30.3 Å². The molecular formula is C31H39Cl2N7O3. The van der Waals surface area contributed by atoms with Gasteiger partial charge in [0, 0.05) is 61.3 Å². The summed E-state index contributed by atoms with van der Waals surface area (Å²) in [5, 5.41) is 12.7. The molecule has 230 valence electrons. The van der Waals surface area contributed by atoms with Crippen LogP contribution in [-0.4, -0.2) is 98.8 Å². The average Bonchev–Trinajstić information content (AvgIpc) is 3.75. The zero-order valence-electron chi connectivity index (χ0n) is 25.0. The van der Waals surface area contributed by atoms with Crippen LogP contribution in [0.5, 0.6) is 11.5 Å². The summed E-state index contributed by atoms with van der Waals surface area (Å²) < 4.78 is 11.0. The first-order chi connectivity index (χ1) is 20.7. The van der Waals surface area contributed by atoms with Gasteiger partial charge in [0.15, 0.2) is 0 Å². The fraction of sp³-hybridized carbons (Fsp3) is 0.452. The first kappa shape index (κ1) is 31.1. The number of amides is 1. The lowest BCUT2D eigenvalue weighted by Crippen LogP contribution is -2.45. The van der Waals surface area contributed by atoms with Crippen LogP contribution in [0, 0.1) is 5.92 Å². The Morgan fingerprint density at radius 3 is 2.44 bits per heavy atom. The van der Waals surface area contributed by atoms with Gasteiger partial charge in [-0.1, -0.05) is 29.8 Å². The molecule has 2 atom stereocenters. The van der Waals surface area contributed by atoms with Gasteiger partial charge in [0.25, 0.3) is 0 Å². The molecule has 1 saturated carbocycles. The van der Waals surface area contributed by atoms with Crippen molar-refractivity contribution in [1.82, 2.24) is 25.1 Å². The van der Waals surface area contributed by atoms with Crippen LogP contribution in [0.3, 0.4) is 0 Å². The first-order valence-electron chi connectivity index (χ1n) is 14.4. The van der Waals surface area contributed by atoms with Crippen molar-refractivity contribution in [2.75, 3.05) is 71.7 Å². The van der Waals surface area contributed by atoms with E-state index < -0.39 is 0 Å². The zero-order chi connectivity index (χ0) is 30.7. The fourth-order valence-electron chi connectivity index (χ4n) is 5.29. The highest BCUT2D eigenvalue weighted by Gasteiger charge is 2.34. The van der Waals surface area contributed by atoms with E-state index in [-0.39, 0.29) is 18.0 Å². The molecule has 43 heavy (non-hydrogen) atoms. The van der Waals surface area contributed by atoms with Gasteiger partial charge in [-0.25, -0.2) is 9.97 Å². The van der Waals surface area contributed by atoms with E-state index in [1.165, 1.54) is 18.9 Å². The van der Waals surface area contributed by atoms with Crippen molar-refractivity contribution in [3.05, 3.63) is 47.1 Å². The van der Waals surface area contributed by atoms with Crippen LogP contribution in [-0.2, 0) is 4.79 Å². The lowest BCUT2D eigenvalue weighted by atomic mass is 10.1. The molecule has 5 rings (SSSR count). The Balaban J connectivity index is 1.49. The van der Waals surface area contributed by atoms with Gasteiger partial charge in [0.1, 0.15) is 23.1 Å². The number of benzene rings is 1. The number of nitrogens with zero attached hydrogens (tertiary/aromatic N) is 4. The number of methoxy groups -OCH3 is 2. The third kappa shape index (κ3) is 7.26. The molecule has 1 aromatic carbocycles. The quantitative estimate of drug-likeness (QED) is 0.231. The van der Waals surface area contributed by atoms with Gasteiger partial charge in [-0.3, -0.25) is 9.69 Å². The highest BCUT2D eigenvalue weighted by Crippen LogP contribution is 2.46. The Bertz CT molecular complexity index is 1470. The molecule has 1 amide bonds. The van der Waals surface area contributed by atoms with Gasteiger partial charge in [0.2, 0.25) is 5.91 Å². The first-order valence-corrected chi connectivity index (χ1v) is 15.2. The molecule has 3 heterocycles.